The summed E-state index contributed by atoms with van der Waals surface area (Å²) in [6, 6.07) is 4.58. The number of aliphatic carboxylic acids is 1. The van der Waals surface area contributed by atoms with Crippen LogP contribution in [0.5, 0.6) is 0 Å². The van der Waals surface area contributed by atoms with Gasteiger partial charge in [-0.1, -0.05) is 12.1 Å². The molecule has 0 radical (unpaired) electrons. The molecule has 196 valence electrons. The van der Waals surface area contributed by atoms with Crippen molar-refractivity contribution in [3.63, 3.8) is 0 Å². The minimum absolute atomic E-state index is 0.0970. The maximum atomic E-state index is 13.5. The summed E-state index contributed by atoms with van der Waals surface area (Å²) in [5.74, 6) is -1.76. The number of amides is 2. The Kier molecular flexibility index (Phi) is 6.88. The lowest BCUT2D eigenvalue weighted by Crippen LogP contribution is -2.53. The van der Waals surface area contributed by atoms with Gasteiger partial charge in [0.15, 0.2) is 9.84 Å². The van der Waals surface area contributed by atoms with E-state index >= 15 is 0 Å². The zero-order valence-electron chi connectivity index (χ0n) is 19.3. The van der Waals surface area contributed by atoms with Gasteiger partial charge in [-0.15, -0.1) is 0 Å². The van der Waals surface area contributed by atoms with E-state index in [1.807, 2.05) is 0 Å². The summed E-state index contributed by atoms with van der Waals surface area (Å²) in [5.41, 5.74) is -3.43. The summed E-state index contributed by atoms with van der Waals surface area (Å²) in [5, 5.41) is 19.2. The van der Waals surface area contributed by atoms with Crippen LogP contribution in [0.3, 0.4) is 0 Å². The lowest BCUT2D eigenvalue weighted by molar-refractivity contribution is -0.137. The van der Waals surface area contributed by atoms with Gasteiger partial charge in [-0.25, -0.2) is 30.7 Å². The van der Waals surface area contributed by atoms with Crippen molar-refractivity contribution in [1.82, 2.24) is 4.31 Å². The Balaban J connectivity index is 2.45. The summed E-state index contributed by atoms with van der Waals surface area (Å²) in [4.78, 5) is 25.9. The second kappa shape index (κ2) is 9.20. The summed E-state index contributed by atoms with van der Waals surface area (Å²) in [6.07, 6.45) is -3.52. The second-order valence-electron chi connectivity index (χ2n) is 8.07. The predicted molar refractivity (Wildman–Crippen MR) is 123 cm³/mol. The van der Waals surface area contributed by atoms with Crippen LogP contribution >= 0.6 is 0 Å². The Morgan fingerprint density at radius 1 is 1.08 bits per heavy atom. The first-order valence-electron chi connectivity index (χ1n) is 10.1. The van der Waals surface area contributed by atoms with Gasteiger partial charge in [0.25, 0.3) is 0 Å². The number of alkyl halides is 3. The molecule has 0 aromatic heterocycles. The van der Waals surface area contributed by atoms with Gasteiger partial charge in [0, 0.05) is 12.0 Å². The fourth-order valence-corrected chi connectivity index (χ4v) is 5.87. The Hall–Kier alpha value is -3.90. The first-order valence-corrected chi connectivity index (χ1v) is 13.8. The van der Waals surface area contributed by atoms with Crippen molar-refractivity contribution in [2.75, 3.05) is 17.4 Å². The number of nitriles is 1. The van der Waals surface area contributed by atoms with Crippen molar-refractivity contribution in [2.24, 2.45) is 0 Å². The monoisotopic (exact) mass is 557 g/mol. The van der Waals surface area contributed by atoms with Crippen LogP contribution < -0.4 is 4.90 Å². The second-order valence-corrected chi connectivity index (χ2v) is 11.9. The minimum atomic E-state index is -4.83. The topological polar surface area (TPSA) is 153 Å². The summed E-state index contributed by atoms with van der Waals surface area (Å²) in [6.45, 7) is 1.08. The van der Waals surface area contributed by atoms with E-state index < -0.39 is 77.1 Å². The first-order chi connectivity index (χ1) is 16.9. The lowest BCUT2D eigenvalue weighted by Gasteiger charge is -2.41. The molecule has 37 heavy (non-hydrogen) atoms. The number of sulfone groups is 1. The predicted octanol–water partition coefficient (Wildman–Crippen LogP) is 3.28. The SMILES string of the molecule is CC1=C(C(=O)O)C(c2ccc(C#N)cc2S(C)(=O)=O)N(S(C)(=O)=O)C(=O)N1c1cccc(C(F)(F)F)c1. The number of urea groups is 1. The Morgan fingerprint density at radius 3 is 2.19 bits per heavy atom. The average Bonchev–Trinajstić information content (AvgIpc) is 2.76. The van der Waals surface area contributed by atoms with Crippen LogP contribution in [-0.2, 0) is 30.8 Å². The maximum Gasteiger partial charge on any atom is 0.416 e. The molecule has 0 fully saturated rings. The molecular weight excluding hydrogens is 539 g/mol. The van der Waals surface area contributed by atoms with E-state index in [2.05, 4.69) is 0 Å². The molecule has 1 N–H and O–H groups in total. The molecule has 0 aliphatic carbocycles. The van der Waals surface area contributed by atoms with Crippen molar-refractivity contribution < 1.29 is 44.7 Å². The Morgan fingerprint density at radius 2 is 1.70 bits per heavy atom. The number of allylic oxidation sites excluding steroid dienone is 1. The number of nitrogens with zero attached hydrogens (tertiary/aromatic N) is 3. The molecule has 0 spiro atoms. The molecule has 1 unspecified atom stereocenters. The molecule has 3 rings (SSSR count). The van der Waals surface area contributed by atoms with Crippen LogP contribution in [0.25, 0.3) is 0 Å². The maximum absolute atomic E-state index is 13.5. The molecule has 2 aromatic rings. The summed E-state index contributed by atoms with van der Waals surface area (Å²) in [7, 11) is -8.85. The number of rotatable bonds is 5. The average molecular weight is 558 g/mol. The Labute approximate surface area is 209 Å². The molecule has 0 saturated carbocycles. The molecule has 1 aliphatic rings. The highest BCUT2D eigenvalue weighted by atomic mass is 32.2. The van der Waals surface area contributed by atoms with Gasteiger partial charge in [-0.05, 0) is 42.8 Å². The van der Waals surface area contributed by atoms with Gasteiger partial charge in [0.05, 0.1) is 39.6 Å². The number of carboxylic acids is 1. The highest BCUT2D eigenvalue weighted by Gasteiger charge is 2.48. The molecular formula is C22H18F3N3O7S2. The lowest BCUT2D eigenvalue weighted by atomic mass is 9.93. The largest absolute Gasteiger partial charge is 0.478 e. The number of carboxylic acid groups (broad SMARTS) is 1. The van der Waals surface area contributed by atoms with E-state index in [1.165, 1.54) is 0 Å². The number of sulfonamides is 1. The fourth-order valence-electron chi connectivity index (χ4n) is 3.95. The number of carbonyl (C=O) groups is 2. The fraction of sp³-hybridized carbons (Fsp3) is 0.227. The van der Waals surface area contributed by atoms with Crippen LogP contribution in [0.1, 0.15) is 29.7 Å². The van der Waals surface area contributed by atoms with Crippen LogP contribution in [0.4, 0.5) is 23.7 Å². The van der Waals surface area contributed by atoms with Crippen molar-refractivity contribution in [2.45, 2.75) is 24.0 Å². The number of benzene rings is 2. The highest BCUT2D eigenvalue weighted by molar-refractivity contribution is 7.90. The number of anilines is 1. The van der Waals surface area contributed by atoms with Gasteiger partial charge < -0.3 is 5.11 Å². The molecule has 10 nitrogen and oxygen atoms in total. The summed E-state index contributed by atoms with van der Waals surface area (Å²) >= 11 is 0. The van der Waals surface area contributed by atoms with Crippen LogP contribution in [0, 0.1) is 11.3 Å². The van der Waals surface area contributed by atoms with E-state index in [4.69, 9.17) is 0 Å². The van der Waals surface area contributed by atoms with E-state index in [0.29, 0.717) is 23.3 Å². The van der Waals surface area contributed by atoms with Crippen molar-refractivity contribution in [3.8, 4) is 6.07 Å². The van der Waals surface area contributed by atoms with Gasteiger partial charge in [0.2, 0.25) is 10.0 Å². The normalized spacial score (nSPS) is 17.1. The zero-order chi connectivity index (χ0) is 28.1. The molecule has 1 heterocycles. The van der Waals surface area contributed by atoms with E-state index in [-0.39, 0.29) is 9.87 Å². The van der Waals surface area contributed by atoms with E-state index in [9.17, 15) is 50.0 Å². The van der Waals surface area contributed by atoms with E-state index in [0.717, 1.165) is 43.5 Å². The van der Waals surface area contributed by atoms with Crippen LogP contribution in [-0.4, -0.2) is 50.8 Å². The molecule has 1 aliphatic heterocycles. The van der Waals surface area contributed by atoms with Crippen LogP contribution in [0.2, 0.25) is 0 Å². The molecule has 1 atom stereocenters. The van der Waals surface area contributed by atoms with Crippen molar-refractivity contribution in [1.29, 1.82) is 5.26 Å². The van der Waals surface area contributed by atoms with Gasteiger partial charge in [-0.3, -0.25) is 4.90 Å². The molecule has 0 saturated heterocycles. The molecule has 15 heteroatoms. The van der Waals surface area contributed by atoms with Gasteiger partial charge in [-0.2, -0.15) is 18.4 Å². The van der Waals surface area contributed by atoms with Crippen molar-refractivity contribution in [3.05, 3.63) is 70.4 Å². The van der Waals surface area contributed by atoms with Crippen molar-refractivity contribution >= 4 is 37.5 Å². The highest BCUT2D eigenvalue weighted by Crippen LogP contribution is 2.43. The minimum Gasteiger partial charge on any atom is -0.478 e. The number of halogens is 3. The standard InChI is InChI=1S/C22H18F3N3O7S2/c1-12-18(20(29)30)19(16-8-7-13(11-26)9-17(16)36(2,32)33)28(37(3,34)35)21(31)27(12)15-6-4-5-14(10-15)22(23,24)25/h4-10,19H,1-3H3,(H,29,30). The van der Waals surface area contributed by atoms with Crippen LogP contribution in [0.15, 0.2) is 58.6 Å². The number of hydrogen-bond donors (Lipinski definition) is 1. The smallest absolute Gasteiger partial charge is 0.416 e. The van der Waals surface area contributed by atoms with E-state index in [1.54, 1.807) is 6.07 Å². The number of carbonyl (C=O) groups excluding carboxylic acids is 1. The molecule has 2 amide bonds. The van der Waals surface area contributed by atoms with Gasteiger partial charge >= 0.3 is 18.2 Å². The Bertz CT molecular complexity index is 1610. The third kappa shape index (κ3) is 5.16. The molecule has 0 bridgehead atoms. The quantitative estimate of drug-likeness (QED) is 0.588. The third-order valence-electron chi connectivity index (χ3n) is 5.47. The molecule has 2 aromatic carbocycles. The zero-order valence-corrected chi connectivity index (χ0v) is 20.9. The number of hydrogen-bond acceptors (Lipinski definition) is 7. The third-order valence-corrected chi connectivity index (χ3v) is 7.70. The van der Waals surface area contributed by atoms with Gasteiger partial charge in [0.1, 0.15) is 6.04 Å². The first kappa shape index (κ1) is 27.7. The summed E-state index contributed by atoms with van der Waals surface area (Å²) < 4.78 is 90.7.